The maximum absolute atomic E-state index is 12.2. The Hall–Kier alpha value is -4.46. The van der Waals surface area contributed by atoms with Crippen LogP contribution in [0.15, 0.2) is 79.0 Å². The second-order valence-corrected chi connectivity index (χ2v) is 7.17. The molecular weight excluding hydrogens is 402 g/mol. The molecule has 8 nitrogen and oxygen atoms in total. The van der Waals surface area contributed by atoms with Gasteiger partial charge in [0.05, 0.1) is 0 Å². The quantitative estimate of drug-likeness (QED) is 0.320. The summed E-state index contributed by atoms with van der Waals surface area (Å²) in [6, 6.07) is 22.1. The van der Waals surface area contributed by atoms with E-state index in [0.29, 0.717) is 29.0 Å². The Labute approximate surface area is 186 Å². The van der Waals surface area contributed by atoms with Crippen LogP contribution in [-0.2, 0) is 0 Å². The number of pyridine rings is 1. The van der Waals surface area contributed by atoms with Crippen molar-refractivity contribution in [1.82, 2.24) is 15.0 Å². The molecule has 0 bridgehead atoms. The molecule has 0 unspecified atom stereocenters. The van der Waals surface area contributed by atoms with Gasteiger partial charge in [-0.15, -0.1) is 0 Å². The van der Waals surface area contributed by atoms with Gasteiger partial charge in [-0.1, -0.05) is 23.8 Å². The number of amides is 2. The van der Waals surface area contributed by atoms with Crippen LogP contribution >= 0.6 is 0 Å². The van der Waals surface area contributed by atoms with E-state index in [1.165, 1.54) is 0 Å². The summed E-state index contributed by atoms with van der Waals surface area (Å²) in [4.78, 5) is 25.3. The molecule has 0 saturated heterocycles. The molecule has 0 fully saturated rings. The number of nitrogens with zero attached hydrogens (tertiary/aromatic N) is 3. The minimum Gasteiger partial charge on any atom is -0.340 e. The molecule has 0 atom stereocenters. The molecule has 2 aromatic carbocycles. The zero-order valence-electron chi connectivity index (χ0n) is 17.8. The summed E-state index contributed by atoms with van der Waals surface area (Å²) >= 11 is 0. The minimum atomic E-state index is -0.300. The summed E-state index contributed by atoms with van der Waals surface area (Å²) in [5, 5.41) is 12.1. The molecular formula is C24H23N7O. The number of rotatable bonds is 6. The highest BCUT2D eigenvalue weighted by atomic mass is 16.2. The van der Waals surface area contributed by atoms with E-state index in [0.717, 1.165) is 16.9 Å². The number of carbonyl (C=O) groups is 1. The van der Waals surface area contributed by atoms with Crippen molar-refractivity contribution in [3.63, 3.8) is 0 Å². The fourth-order valence-electron chi connectivity index (χ4n) is 2.98. The van der Waals surface area contributed by atoms with Crippen LogP contribution in [0.2, 0.25) is 0 Å². The highest BCUT2D eigenvalue weighted by Gasteiger charge is 2.06. The van der Waals surface area contributed by atoms with Crippen molar-refractivity contribution >= 4 is 40.5 Å². The zero-order chi connectivity index (χ0) is 22.3. The molecule has 4 aromatic rings. The van der Waals surface area contributed by atoms with Crippen LogP contribution in [0, 0.1) is 13.8 Å². The van der Waals surface area contributed by atoms with Gasteiger partial charge in [-0.3, -0.25) is 0 Å². The van der Waals surface area contributed by atoms with E-state index < -0.39 is 0 Å². The molecule has 2 heterocycles. The predicted octanol–water partition coefficient (Wildman–Crippen LogP) is 5.62. The average molecular weight is 425 g/mol. The van der Waals surface area contributed by atoms with Crippen molar-refractivity contribution in [1.29, 1.82) is 0 Å². The van der Waals surface area contributed by atoms with Gasteiger partial charge in [-0.05, 0) is 62.4 Å². The topological polar surface area (TPSA) is 104 Å². The van der Waals surface area contributed by atoms with E-state index in [4.69, 9.17) is 0 Å². The normalized spacial score (nSPS) is 10.3. The summed E-state index contributed by atoms with van der Waals surface area (Å²) in [6.07, 6.45) is 1.71. The third kappa shape index (κ3) is 5.79. The van der Waals surface area contributed by atoms with Crippen LogP contribution in [0.3, 0.4) is 0 Å². The molecule has 8 heteroatoms. The molecule has 0 spiro atoms. The molecule has 4 N–H and O–H groups in total. The minimum absolute atomic E-state index is 0.300. The van der Waals surface area contributed by atoms with Gasteiger partial charge in [0, 0.05) is 29.3 Å². The van der Waals surface area contributed by atoms with E-state index >= 15 is 0 Å². The van der Waals surface area contributed by atoms with Gasteiger partial charge in [0.1, 0.15) is 23.3 Å². The number of aromatic nitrogens is 3. The fourth-order valence-corrected chi connectivity index (χ4v) is 2.98. The summed E-state index contributed by atoms with van der Waals surface area (Å²) < 4.78 is 0. The Morgan fingerprint density at radius 3 is 1.91 bits per heavy atom. The third-order valence-corrected chi connectivity index (χ3v) is 4.48. The molecule has 2 aromatic heterocycles. The Bertz CT molecular complexity index is 1190. The van der Waals surface area contributed by atoms with Crippen LogP contribution in [0.5, 0.6) is 0 Å². The Kier molecular flexibility index (Phi) is 6.22. The Morgan fingerprint density at radius 2 is 1.28 bits per heavy atom. The van der Waals surface area contributed by atoms with Crippen molar-refractivity contribution in [2.75, 3.05) is 21.3 Å². The second-order valence-electron chi connectivity index (χ2n) is 7.17. The Morgan fingerprint density at radius 1 is 0.688 bits per heavy atom. The first-order chi connectivity index (χ1) is 15.5. The van der Waals surface area contributed by atoms with Gasteiger partial charge in [-0.2, -0.15) is 0 Å². The van der Waals surface area contributed by atoms with Crippen LogP contribution in [0.4, 0.5) is 39.3 Å². The van der Waals surface area contributed by atoms with Gasteiger partial charge < -0.3 is 21.3 Å². The zero-order valence-corrected chi connectivity index (χ0v) is 17.8. The lowest BCUT2D eigenvalue weighted by molar-refractivity contribution is 0.262. The highest BCUT2D eigenvalue weighted by Crippen LogP contribution is 2.21. The monoisotopic (exact) mass is 425 g/mol. The molecule has 0 aliphatic heterocycles. The SMILES string of the molecule is Cc1ccc(NC(=O)Nc2ccc(Nc3cc(Nc4ccccn4)nc(C)n3)cc2)cc1. The van der Waals surface area contributed by atoms with Gasteiger partial charge in [-0.25, -0.2) is 19.7 Å². The van der Waals surface area contributed by atoms with E-state index in [1.54, 1.807) is 6.20 Å². The van der Waals surface area contributed by atoms with E-state index in [9.17, 15) is 4.79 Å². The molecule has 32 heavy (non-hydrogen) atoms. The molecule has 4 rings (SSSR count). The van der Waals surface area contributed by atoms with Gasteiger partial charge in [0.15, 0.2) is 0 Å². The van der Waals surface area contributed by atoms with Gasteiger partial charge in [0.25, 0.3) is 0 Å². The van der Waals surface area contributed by atoms with E-state index in [-0.39, 0.29) is 6.03 Å². The van der Waals surface area contributed by atoms with Crippen LogP contribution < -0.4 is 21.3 Å². The van der Waals surface area contributed by atoms with Crippen molar-refractivity contribution < 1.29 is 4.79 Å². The summed E-state index contributed by atoms with van der Waals surface area (Å²) in [7, 11) is 0. The number of benzene rings is 2. The molecule has 0 saturated carbocycles. The van der Waals surface area contributed by atoms with Crippen molar-refractivity contribution in [3.8, 4) is 0 Å². The maximum Gasteiger partial charge on any atom is 0.323 e. The highest BCUT2D eigenvalue weighted by molar-refractivity contribution is 5.99. The molecule has 0 aliphatic rings. The van der Waals surface area contributed by atoms with E-state index in [1.807, 2.05) is 86.6 Å². The summed E-state index contributed by atoms with van der Waals surface area (Å²) in [6.45, 7) is 3.83. The first kappa shape index (κ1) is 20.8. The van der Waals surface area contributed by atoms with E-state index in [2.05, 4.69) is 36.2 Å². The maximum atomic E-state index is 12.2. The number of urea groups is 1. The first-order valence-electron chi connectivity index (χ1n) is 10.1. The molecule has 160 valence electrons. The smallest absolute Gasteiger partial charge is 0.323 e. The largest absolute Gasteiger partial charge is 0.340 e. The number of aryl methyl sites for hydroxylation is 2. The number of anilines is 6. The van der Waals surface area contributed by atoms with Crippen molar-refractivity contribution in [2.45, 2.75) is 13.8 Å². The molecule has 2 amide bonds. The second kappa shape index (κ2) is 9.57. The summed E-state index contributed by atoms with van der Waals surface area (Å²) in [5.41, 5.74) is 3.38. The van der Waals surface area contributed by atoms with Crippen LogP contribution in [0.1, 0.15) is 11.4 Å². The average Bonchev–Trinajstić information content (AvgIpc) is 2.77. The van der Waals surface area contributed by atoms with Gasteiger partial charge in [0.2, 0.25) is 0 Å². The first-order valence-corrected chi connectivity index (χ1v) is 10.1. The third-order valence-electron chi connectivity index (χ3n) is 4.48. The number of hydrogen-bond acceptors (Lipinski definition) is 6. The van der Waals surface area contributed by atoms with Crippen molar-refractivity contribution in [3.05, 3.63) is 90.4 Å². The lowest BCUT2D eigenvalue weighted by Crippen LogP contribution is -2.19. The number of nitrogens with one attached hydrogen (secondary N) is 4. The van der Waals surface area contributed by atoms with Crippen molar-refractivity contribution in [2.24, 2.45) is 0 Å². The molecule has 0 radical (unpaired) electrons. The van der Waals surface area contributed by atoms with Gasteiger partial charge >= 0.3 is 6.03 Å². The van der Waals surface area contributed by atoms with Crippen LogP contribution in [0.25, 0.3) is 0 Å². The summed E-state index contributed by atoms with van der Waals surface area (Å²) in [5.74, 6) is 2.62. The lowest BCUT2D eigenvalue weighted by atomic mass is 10.2. The number of carbonyl (C=O) groups excluding carboxylic acids is 1. The Balaban J connectivity index is 1.38. The predicted molar refractivity (Wildman–Crippen MR) is 128 cm³/mol. The standard InChI is InChI=1S/C24H23N7O/c1-16-6-8-19(9-7-16)29-24(32)30-20-12-10-18(11-13-20)28-22-15-23(27-17(2)26-22)31-21-5-3-4-14-25-21/h3-15H,1-2H3,(H2,29,30,32)(H2,25,26,27,28,31). The molecule has 0 aliphatic carbocycles. The van der Waals surface area contributed by atoms with Crippen LogP contribution in [-0.4, -0.2) is 21.0 Å². The number of hydrogen-bond donors (Lipinski definition) is 4. The fraction of sp³-hybridized carbons (Fsp3) is 0.0833. The lowest BCUT2D eigenvalue weighted by Gasteiger charge is -2.11.